The third kappa shape index (κ3) is 6.07. The van der Waals surface area contributed by atoms with Gasteiger partial charge in [-0.1, -0.05) is 23.7 Å². The van der Waals surface area contributed by atoms with Crippen molar-refractivity contribution in [3.63, 3.8) is 0 Å². The summed E-state index contributed by atoms with van der Waals surface area (Å²) in [6.45, 7) is 2.30. The van der Waals surface area contributed by atoms with Crippen LogP contribution in [0.2, 0.25) is 5.02 Å². The van der Waals surface area contributed by atoms with E-state index >= 15 is 0 Å². The molecule has 7 heteroatoms. The molecule has 0 bridgehead atoms. The van der Waals surface area contributed by atoms with Crippen LogP contribution in [0.25, 0.3) is 0 Å². The average Bonchev–Trinajstić information content (AvgIpc) is 2.58. The van der Waals surface area contributed by atoms with Gasteiger partial charge in [-0.15, -0.1) is 0 Å². The summed E-state index contributed by atoms with van der Waals surface area (Å²) in [5.74, 6) is 0.0812. The summed E-state index contributed by atoms with van der Waals surface area (Å²) in [5, 5.41) is 0.657. The molecule has 0 unspecified atom stereocenters. The van der Waals surface area contributed by atoms with E-state index in [0.29, 0.717) is 28.1 Å². The van der Waals surface area contributed by atoms with Gasteiger partial charge in [0.05, 0.1) is 12.2 Å². The Morgan fingerprint density at radius 1 is 1.16 bits per heavy atom. The van der Waals surface area contributed by atoms with Crippen LogP contribution in [0.4, 0.5) is 0 Å². The van der Waals surface area contributed by atoms with Gasteiger partial charge in [0.2, 0.25) is 5.91 Å². The Balaban J connectivity index is 1.69. The second kappa shape index (κ2) is 9.44. The summed E-state index contributed by atoms with van der Waals surface area (Å²) in [6.07, 6.45) is 0.766. The summed E-state index contributed by atoms with van der Waals surface area (Å²) >= 11 is 9.18. The van der Waals surface area contributed by atoms with Gasteiger partial charge in [0.15, 0.2) is 0 Å². The molecule has 0 saturated heterocycles. The topological polar surface area (TPSA) is 67.4 Å². The molecule has 0 aliphatic carbocycles. The van der Waals surface area contributed by atoms with Crippen LogP contribution in [0.3, 0.4) is 0 Å². The lowest BCUT2D eigenvalue weighted by Gasteiger charge is -2.10. The van der Waals surface area contributed by atoms with Gasteiger partial charge in [-0.05, 0) is 65.2 Å². The van der Waals surface area contributed by atoms with Gasteiger partial charge >= 0.3 is 0 Å². The number of ether oxygens (including phenoxy) is 1. The predicted molar refractivity (Wildman–Crippen MR) is 101 cm³/mol. The van der Waals surface area contributed by atoms with Crippen LogP contribution in [0, 0.1) is 6.92 Å². The fourth-order valence-corrected chi connectivity index (χ4v) is 2.78. The van der Waals surface area contributed by atoms with Crippen molar-refractivity contribution in [3.8, 4) is 5.75 Å². The summed E-state index contributed by atoms with van der Waals surface area (Å²) in [4.78, 5) is 23.7. The lowest BCUT2D eigenvalue weighted by molar-refractivity contribution is -0.122. The van der Waals surface area contributed by atoms with Crippen molar-refractivity contribution >= 4 is 39.3 Å². The van der Waals surface area contributed by atoms with Crippen LogP contribution in [0.1, 0.15) is 28.8 Å². The number of rotatable bonds is 6. The molecular formula is C18H18BrClN2O3. The first-order valence-corrected chi connectivity index (χ1v) is 8.87. The third-order valence-electron chi connectivity index (χ3n) is 3.38. The van der Waals surface area contributed by atoms with Crippen molar-refractivity contribution < 1.29 is 14.3 Å². The fraction of sp³-hybridized carbons (Fsp3) is 0.222. The van der Waals surface area contributed by atoms with Gasteiger partial charge in [0.25, 0.3) is 5.91 Å². The number of hydrazine groups is 1. The van der Waals surface area contributed by atoms with E-state index in [1.54, 1.807) is 30.3 Å². The van der Waals surface area contributed by atoms with E-state index in [1.165, 1.54) is 0 Å². The molecule has 0 aliphatic heterocycles. The number of hydrogen-bond acceptors (Lipinski definition) is 3. The Labute approximate surface area is 159 Å². The first-order chi connectivity index (χ1) is 12.0. The lowest BCUT2D eigenvalue weighted by atomic mass is 10.2. The molecule has 5 nitrogen and oxygen atoms in total. The SMILES string of the molecule is Cc1cc(Cl)ccc1OCCCC(=O)NNC(=O)c1ccccc1Br. The maximum atomic E-state index is 12.0. The minimum absolute atomic E-state index is 0.239. The zero-order valence-electron chi connectivity index (χ0n) is 13.6. The predicted octanol–water partition coefficient (Wildman–Crippen LogP) is 4.03. The molecule has 25 heavy (non-hydrogen) atoms. The zero-order valence-corrected chi connectivity index (χ0v) is 16.0. The number of carbonyl (C=O) groups excluding carboxylic acids is 2. The molecule has 0 aliphatic rings. The molecule has 0 saturated carbocycles. The molecule has 0 fully saturated rings. The quantitative estimate of drug-likeness (QED) is 0.542. The van der Waals surface area contributed by atoms with Crippen LogP contribution in [-0.4, -0.2) is 18.4 Å². The molecule has 2 aromatic carbocycles. The second-order valence-corrected chi connectivity index (χ2v) is 6.63. The fourth-order valence-electron chi connectivity index (χ4n) is 2.09. The molecule has 2 N–H and O–H groups in total. The molecule has 0 atom stereocenters. The van der Waals surface area contributed by atoms with Crippen LogP contribution < -0.4 is 15.6 Å². The van der Waals surface area contributed by atoms with Gasteiger partial charge in [-0.3, -0.25) is 20.4 Å². The Morgan fingerprint density at radius 2 is 1.92 bits per heavy atom. The first kappa shape index (κ1) is 19.3. The molecule has 132 valence electrons. The summed E-state index contributed by atoms with van der Waals surface area (Å²) in [7, 11) is 0. The smallest absolute Gasteiger partial charge is 0.270 e. The van der Waals surface area contributed by atoms with Gasteiger partial charge in [-0.2, -0.15) is 0 Å². The molecule has 0 aromatic heterocycles. The summed E-state index contributed by atoms with van der Waals surface area (Å²) in [5.41, 5.74) is 6.17. The van der Waals surface area contributed by atoms with E-state index in [-0.39, 0.29) is 18.2 Å². The van der Waals surface area contributed by atoms with E-state index in [9.17, 15) is 9.59 Å². The number of benzene rings is 2. The van der Waals surface area contributed by atoms with E-state index < -0.39 is 0 Å². The Kier molecular flexibility index (Phi) is 7.28. The van der Waals surface area contributed by atoms with E-state index in [4.69, 9.17) is 16.3 Å². The minimum Gasteiger partial charge on any atom is -0.493 e. The average molecular weight is 426 g/mol. The van der Waals surface area contributed by atoms with Crippen molar-refractivity contribution in [2.45, 2.75) is 19.8 Å². The van der Waals surface area contributed by atoms with Crippen LogP contribution in [0.15, 0.2) is 46.9 Å². The van der Waals surface area contributed by atoms with Crippen molar-refractivity contribution in [1.82, 2.24) is 10.9 Å². The van der Waals surface area contributed by atoms with E-state index in [0.717, 1.165) is 11.3 Å². The molecule has 0 heterocycles. The number of amides is 2. The van der Waals surface area contributed by atoms with Gasteiger partial charge < -0.3 is 4.74 Å². The molecule has 2 aromatic rings. The highest BCUT2D eigenvalue weighted by Gasteiger charge is 2.10. The highest BCUT2D eigenvalue weighted by molar-refractivity contribution is 9.10. The number of halogens is 2. The Morgan fingerprint density at radius 3 is 2.64 bits per heavy atom. The van der Waals surface area contributed by atoms with Crippen molar-refractivity contribution in [2.24, 2.45) is 0 Å². The maximum absolute atomic E-state index is 12.0. The van der Waals surface area contributed by atoms with Crippen LogP contribution in [-0.2, 0) is 4.79 Å². The van der Waals surface area contributed by atoms with Crippen molar-refractivity contribution in [2.75, 3.05) is 6.61 Å². The first-order valence-electron chi connectivity index (χ1n) is 7.70. The Hall–Kier alpha value is -2.05. The number of carbonyl (C=O) groups is 2. The van der Waals surface area contributed by atoms with E-state index in [2.05, 4.69) is 26.8 Å². The normalized spacial score (nSPS) is 10.2. The largest absolute Gasteiger partial charge is 0.493 e. The highest BCUT2D eigenvalue weighted by atomic mass is 79.9. The summed E-state index contributed by atoms with van der Waals surface area (Å²) < 4.78 is 6.28. The molecular weight excluding hydrogens is 408 g/mol. The van der Waals surface area contributed by atoms with Gasteiger partial charge in [-0.25, -0.2) is 0 Å². The number of nitrogens with one attached hydrogen (secondary N) is 2. The highest BCUT2D eigenvalue weighted by Crippen LogP contribution is 2.21. The second-order valence-electron chi connectivity index (χ2n) is 5.34. The Bertz CT molecular complexity index is 768. The molecule has 2 amide bonds. The summed E-state index contributed by atoms with van der Waals surface area (Å²) in [6, 6.07) is 12.4. The van der Waals surface area contributed by atoms with Crippen LogP contribution >= 0.6 is 27.5 Å². The zero-order chi connectivity index (χ0) is 18.2. The van der Waals surface area contributed by atoms with E-state index in [1.807, 2.05) is 19.1 Å². The number of aryl methyl sites for hydroxylation is 1. The standard InChI is InChI=1S/C18H18BrClN2O3/c1-12-11-13(20)8-9-16(12)25-10-4-7-17(23)21-22-18(24)14-5-2-3-6-15(14)19/h2-3,5-6,8-9,11H,4,7,10H2,1H3,(H,21,23)(H,22,24). The van der Waals surface area contributed by atoms with Crippen molar-refractivity contribution in [1.29, 1.82) is 0 Å². The van der Waals surface area contributed by atoms with Gasteiger partial charge in [0, 0.05) is 15.9 Å². The monoisotopic (exact) mass is 424 g/mol. The lowest BCUT2D eigenvalue weighted by Crippen LogP contribution is -2.41. The molecule has 2 rings (SSSR count). The minimum atomic E-state index is -0.381. The molecule has 0 spiro atoms. The third-order valence-corrected chi connectivity index (χ3v) is 4.30. The maximum Gasteiger partial charge on any atom is 0.270 e. The van der Waals surface area contributed by atoms with Crippen molar-refractivity contribution in [3.05, 3.63) is 63.1 Å². The van der Waals surface area contributed by atoms with Crippen LogP contribution in [0.5, 0.6) is 5.75 Å². The molecule has 0 radical (unpaired) electrons. The number of hydrogen-bond donors (Lipinski definition) is 2. The van der Waals surface area contributed by atoms with Gasteiger partial charge in [0.1, 0.15) is 5.75 Å².